The smallest absolute Gasteiger partial charge is 0.385 e. The van der Waals surface area contributed by atoms with E-state index in [1.807, 2.05) is 0 Å². The fraction of sp³-hybridized carbons (Fsp3) is 0.333. The first-order valence-corrected chi connectivity index (χ1v) is 5.36. The molecule has 0 amide bonds. The zero-order chi connectivity index (χ0) is 12.9. The van der Waals surface area contributed by atoms with Crippen molar-refractivity contribution in [2.24, 2.45) is 0 Å². The summed E-state index contributed by atoms with van der Waals surface area (Å²) in [5, 5.41) is 2.91. The molecule has 1 rings (SSSR count). The van der Waals surface area contributed by atoms with E-state index in [1.165, 1.54) is 6.07 Å². The maximum absolute atomic E-state index is 12.5. The first-order chi connectivity index (χ1) is 7.93. The molecule has 0 heterocycles. The number of alkyl halides is 3. The Balaban J connectivity index is 2.73. The Kier molecular flexibility index (Phi) is 4.71. The number of terminal acetylenes is 1. The van der Waals surface area contributed by atoms with Crippen molar-refractivity contribution in [3.8, 4) is 12.3 Å². The molecule has 0 aliphatic heterocycles. The summed E-state index contributed by atoms with van der Waals surface area (Å²) in [6, 6.07) is 3.38. The molecule has 1 aromatic rings. The predicted molar refractivity (Wildman–Crippen MR) is 63.0 cm³/mol. The molecule has 0 fully saturated rings. The Morgan fingerprint density at radius 1 is 1.29 bits per heavy atom. The van der Waals surface area contributed by atoms with E-state index in [0.717, 1.165) is 12.1 Å². The number of anilines is 1. The number of rotatable bonds is 4. The molecule has 0 atom stereocenters. The minimum atomic E-state index is -4.39. The van der Waals surface area contributed by atoms with Crippen molar-refractivity contribution >= 4 is 17.3 Å². The van der Waals surface area contributed by atoms with E-state index in [4.69, 9.17) is 18.0 Å². The van der Waals surface area contributed by atoms with Gasteiger partial charge in [0.15, 0.2) is 0 Å². The van der Waals surface area contributed by atoms with Crippen LogP contribution in [0.25, 0.3) is 0 Å². The third-order valence-electron chi connectivity index (χ3n) is 2.05. The number of hydrogen-bond acceptors (Lipinski definition) is 1. The van der Waals surface area contributed by atoms with E-state index in [9.17, 15) is 13.2 Å². The van der Waals surface area contributed by atoms with Crippen LogP contribution in [0.1, 0.15) is 18.4 Å². The van der Waals surface area contributed by atoms with Crippen molar-refractivity contribution in [1.82, 2.24) is 0 Å². The molecule has 0 unspecified atom stereocenters. The van der Waals surface area contributed by atoms with Gasteiger partial charge in [-0.05, 0) is 24.6 Å². The minimum Gasteiger partial charge on any atom is -0.385 e. The van der Waals surface area contributed by atoms with E-state index < -0.39 is 11.7 Å². The Bertz CT molecular complexity index is 421. The highest BCUT2D eigenvalue weighted by Crippen LogP contribution is 2.33. The fourth-order valence-electron chi connectivity index (χ4n) is 1.28. The van der Waals surface area contributed by atoms with Crippen molar-refractivity contribution in [1.29, 1.82) is 0 Å². The van der Waals surface area contributed by atoms with Gasteiger partial charge in [-0.15, -0.1) is 12.3 Å². The molecule has 0 saturated carbocycles. The van der Waals surface area contributed by atoms with Gasteiger partial charge in [0.1, 0.15) is 0 Å². The van der Waals surface area contributed by atoms with E-state index in [0.29, 0.717) is 25.1 Å². The molecule has 0 saturated heterocycles. The summed E-state index contributed by atoms with van der Waals surface area (Å²) >= 11 is 5.62. The molecular weight excluding hydrogens is 251 g/mol. The summed E-state index contributed by atoms with van der Waals surface area (Å²) in [4.78, 5) is 0. The van der Waals surface area contributed by atoms with Crippen LogP contribution in [0.3, 0.4) is 0 Å². The van der Waals surface area contributed by atoms with Crippen molar-refractivity contribution in [3.63, 3.8) is 0 Å². The molecule has 5 heteroatoms. The highest BCUT2D eigenvalue weighted by atomic mass is 35.5. The fourth-order valence-corrected chi connectivity index (χ4v) is 1.51. The van der Waals surface area contributed by atoms with Crippen LogP contribution in [0.4, 0.5) is 18.9 Å². The first kappa shape index (κ1) is 13.7. The maximum atomic E-state index is 12.5. The van der Waals surface area contributed by atoms with E-state index in [1.54, 1.807) is 0 Å². The van der Waals surface area contributed by atoms with Crippen LogP contribution in [0.5, 0.6) is 0 Å². The van der Waals surface area contributed by atoms with Gasteiger partial charge < -0.3 is 5.32 Å². The van der Waals surface area contributed by atoms with Crippen molar-refractivity contribution in [2.45, 2.75) is 19.0 Å². The highest BCUT2D eigenvalue weighted by molar-refractivity contribution is 6.30. The first-order valence-electron chi connectivity index (χ1n) is 4.98. The molecule has 1 nitrogen and oxygen atoms in total. The number of benzene rings is 1. The standard InChI is InChI=1S/C12H11ClF3N/c1-2-3-4-5-17-11-7-9(12(14,15)16)6-10(13)8-11/h1,6-8,17H,3-5H2. The lowest BCUT2D eigenvalue weighted by Crippen LogP contribution is -2.07. The topological polar surface area (TPSA) is 12.0 Å². The zero-order valence-electron chi connectivity index (χ0n) is 8.94. The average Bonchev–Trinajstić information content (AvgIpc) is 2.22. The van der Waals surface area contributed by atoms with Gasteiger partial charge in [0.2, 0.25) is 0 Å². The maximum Gasteiger partial charge on any atom is 0.416 e. The Labute approximate surface area is 103 Å². The number of unbranched alkanes of at least 4 members (excludes halogenated alkanes) is 1. The van der Waals surface area contributed by atoms with Gasteiger partial charge >= 0.3 is 6.18 Å². The van der Waals surface area contributed by atoms with Gasteiger partial charge in [0.25, 0.3) is 0 Å². The number of hydrogen-bond donors (Lipinski definition) is 1. The lowest BCUT2D eigenvalue weighted by Gasteiger charge is -2.11. The van der Waals surface area contributed by atoms with Crippen LogP contribution in [0, 0.1) is 12.3 Å². The molecular formula is C12H11ClF3N. The summed E-state index contributed by atoms with van der Waals surface area (Å²) in [5.41, 5.74) is -0.411. The third kappa shape index (κ3) is 4.58. The van der Waals surface area contributed by atoms with Crippen LogP contribution in [0.15, 0.2) is 18.2 Å². The Morgan fingerprint density at radius 2 is 2.00 bits per heavy atom. The predicted octanol–water partition coefficient (Wildman–Crippen LogP) is 4.18. The molecule has 17 heavy (non-hydrogen) atoms. The minimum absolute atomic E-state index is 0.0549. The quantitative estimate of drug-likeness (QED) is 0.633. The van der Waals surface area contributed by atoms with Gasteiger partial charge in [-0.2, -0.15) is 13.2 Å². The van der Waals surface area contributed by atoms with E-state index in [-0.39, 0.29) is 5.02 Å². The normalized spacial score (nSPS) is 11.0. The molecule has 0 aliphatic carbocycles. The largest absolute Gasteiger partial charge is 0.416 e. The molecule has 0 bridgehead atoms. The molecule has 92 valence electrons. The lowest BCUT2D eigenvalue weighted by atomic mass is 10.2. The monoisotopic (exact) mass is 261 g/mol. The Morgan fingerprint density at radius 3 is 2.59 bits per heavy atom. The molecule has 0 radical (unpaired) electrons. The molecule has 1 aromatic carbocycles. The zero-order valence-corrected chi connectivity index (χ0v) is 9.70. The summed E-state index contributed by atoms with van der Waals surface area (Å²) in [7, 11) is 0. The van der Waals surface area contributed by atoms with Crippen LogP contribution in [-0.2, 0) is 6.18 Å². The van der Waals surface area contributed by atoms with Crippen LogP contribution >= 0.6 is 11.6 Å². The van der Waals surface area contributed by atoms with Crippen molar-refractivity contribution in [3.05, 3.63) is 28.8 Å². The van der Waals surface area contributed by atoms with Crippen LogP contribution in [-0.4, -0.2) is 6.54 Å². The summed E-state index contributed by atoms with van der Waals surface area (Å²) in [6.45, 7) is 0.516. The second kappa shape index (κ2) is 5.83. The van der Waals surface area contributed by atoms with Crippen molar-refractivity contribution < 1.29 is 13.2 Å². The third-order valence-corrected chi connectivity index (χ3v) is 2.27. The van der Waals surface area contributed by atoms with Gasteiger partial charge in [-0.3, -0.25) is 0 Å². The summed E-state index contributed by atoms with van der Waals surface area (Å²) < 4.78 is 37.4. The van der Waals surface area contributed by atoms with Gasteiger partial charge in [0.05, 0.1) is 5.56 Å². The summed E-state index contributed by atoms with van der Waals surface area (Å²) in [5.74, 6) is 2.45. The molecule has 1 N–H and O–H groups in total. The second-order valence-corrected chi connectivity index (χ2v) is 3.90. The SMILES string of the molecule is C#CCCCNc1cc(Cl)cc(C(F)(F)F)c1. The van der Waals surface area contributed by atoms with E-state index in [2.05, 4.69) is 11.2 Å². The second-order valence-electron chi connectivity index (χ2n) is 3.46. The lowest BCUT2D eigenvalue weighted by molar-refractivity contribution is -0.137. The van der Waals surface area contributed by atoms with Crippen molar-refractivity contribution in [2.75, 3.05) is 11.9 Å². The van der Waals surface area contributed by atoms with E-state index >= 15 is 0 Å². The Hall–Kier alpha value is -1.34. The molecule has 0 aliphatic rings. The van der Waals surface area contributed by atoms with Crippen LogP contribution < -0.4 is 5.32 Å². The average molecular weight is 262 g/mol. The highest BCUT2D eigenvalue weighted by Gasteiger charge is 2.31. The number of nitrogens with one attached hydrogen (secondary N) is 1. The molecule has 0 aromatic heterocycles. The van der Waals surface area contributed by atoms with Gasteiger partial charge in [-0.1, -0.05) is 11.6 Å². The van der Waals surface area contributed by atoms with Gasteiger partial charge in [0, 0.05) is 23.7 Å². The summed E-state index contributed by atoms with van der Waals surface area (Å²) in [6.07, 6.45) is 1.96. The molecule has 0 spiro atoms. The number of halogens is 4. The van der Waals surface area contributed by atoms with Gasteiger partial charge in [-0.25, -0.2) is 0 Å². The van der Waals surface area contributed by atoms with Crippen LogP contribution in [0.2, 0.25) is 5.02 Å².